The molecule has 0 saturated carbocycles. The van der Waals surface area contributed by atoms with E-state index in [1.165, 1.54) is 0 Å². The number of benzene rings is 1. The van der Waals surface area contributed by atoms with E-state index in [2.05, 4.69) is 6.92 Å². The van der Waals surface area contributed by atoms with Crippen molar-refractivity contribution in [3.63, 3.8) is 0 Å². The second-order valence-electron chi connectivity index (χ2n) is 4.39. The first-order chi connectivity index (χ1) is 8.61. The van der Waals surface area contributed by atoms with Crippen molar-refractivity contribution in [2.75, 3.05) is 24.6 Å². The topological polar surface area (TPSA) is 46.3 Å². The second kappa shape index (κ2) is 5.85. The Morgan fingerprint density at radius 3 is 3.06 bits per heavy atom. The lowest BCUT2D eigenvalue weighted by molar-refractivity contribution is 0.0761. The van der Waals surface area contributed by atoms with Crippen LogP contribution in [0.5, 0.6) is 0 Å². The highest BCUT2D eigenvalue weighted by molar-refractivity contribution is 8.00. The fourth-order valence-corrected chi connectivity index (χ4v) is 3.48. The van der Waals surface area contributed by atoms with Crippen LogP contribution in [-0.2, 0) is 0 Å². The summed E-state index contributed by atoms with van der Waals surface area (Å²) in [6, 6.07) is 5.06. The van der Waals surface area contributed by atoms with E-state index < -0.39 is 0 Å². The zero-order valence-electron chi connectivity index (χ0n) is 10.4. The van der Waals surface area contributed by atoms with E-state index in [9.17, 15) is 4.79 Å². The van der Waals surface area contributed by atoms with Gasteiger partial charge in [-0.05, 0) is 24.6 Å². The van der Waals surface area contributed by atoms with Gasteiger partial charge >= 0.3 is 0 Å². The molecule has 0 bridgehead atoms. The predicted molar refractivity (Wildman–Crippen MR) is 78.3 cm³/mol. The molecule has 0 spiro atoms. The van der Waals surface area contributed by atoms with E-state index in [0.717, 1.165) is 25.3 Å². The van der Waals surface area contributed by atoms with Gasteiger partial charge in [-0.15, -0.1) is 0 Å². The minimum absolute atomic E-state index is 0.0127. The van der Waals surface area contributed by atoms with Crippen LogP contribution in [0.15, 0.2) is 18.2 Å². The van der Waals surface area contributed by atoms with Crippen LogP contribution in [0, 0.1) is 0 Å². The Balaban J connectivity index is 2.15. The Morgan fingerprint density at radius 1 is 1.61 bits per heavy atom. The van der Waals surface area contributed by atoms with E-state index in [1.54, 1.807) is 18.2 Å². The lowest BCUT2D eigenvalue weighted by Crippen LogP contribution is -2.41. The van der Waals surface area contributed by atoms with Gasteiger partial charge < -0.3 is 10.6 Å². The van der Waals surface area contributed by atoms with Crippen LogP contribution in [0.4, 0.5) is 5.69 Å². The molecule has 1 aliphatic heterocycles. The van der Waals surface area contributed by atoms with Crippen molar-refractivity contribution in [3.8, 4) is 0 Å². The number of nitrogens with two attached hydrogens (primary N) is 1. The first-order valence-electron chi connectivity index (χ1n) is 6.07. The summed E-state index contributed by atoms with van der Waals surface area (Å²) in [5, 5.41) is 0.974. The average Bonchev–Trinajstić information content (AvgIpc) is 2.38. The van der Waals surface area contributed by atoms with Crippen LogP contribution in [0.3, 0.4) is 0 Å². The summed E-state index contributed by atoms with van der Waals surface area (Å²) < 4.78 is 0. The molecule has 0 aromatic heterocycles. The molecule has 1 unspecified atom stereocenters. The number of nitrogen functional groups attached to an aromatic ring is 1. The van der Waals surface area contributed by atoms with Gasteiger partial charge in [-0.2, -0.15) is 11.8 Å². The van der Waals surface area contributed by atoms with E-state index >= 15 is 0 Å². The summed E-state index contributed by atoms with van der Waals surface area (Å²) in [4.78, 5) is 14.3. The molecule has 0 aliphatic carbocycles. The highest BCUT2D eigenvalue weighted by atomic mass is 35.5. The monoisotopic (exact) mass is 284 g/mol. The molecule has 0 radical (unpaired) electrons. The molecule has 1 fully saturated rings. The molecule has 1 amide bonds. The second-order valence-corrected chi connectivity index (χ2v) is 6.21. The van der Waals surface area contributed by atoms with Gasteiger partial charge in [0.2, 0.25) is 0 Å². The largest absolute Gasteiger partial charge is 0.399 e. The Labute approximate surface area is 117 Å². The third kappa shape index (κ3) is 2.93. The molecule has 18 heavy (non-hydrogen) atoms. The number of nitrogens with zero attached hydrogens (tertiary/aromatic N) is 1. The third-order valence-electron chi connectivity index (χ3n) is 3.10. The molecule has 1 heterocycles. The summed E-state index contributed by atoms with van der Waals surface area (Å²) >= 11 is 8.02. The Morgan fingerprint density at radius 2 is 2.39 bits per heavy atom. The van der Waals surface area contributed by atoms with E-state index in [-0.39, 0.29) is 5.91 Å². The zero-order chi connectivity index (χ0) is 13.1. The molecule has 2 N–H and O–H groups in total. The maximum atomic E-state index is 12.4. The number of hydrogen-bond donors (Lipinski definition) is 1. The number of carbonyl (C=O) groups excluding carboxylic acids is 1. The van der Waals surface area contributed by atoms with Gasteiger partial charge in [-0.25, -0.2) is 0 Å². The van der Waals surface area contributed by atoms with Crippen LogP contribution in [0.25, 0.3) is 0 Å². The Bertz CT molecular complexity index is 453. The van der Waals surface area contributed by atoms with Crippen molar-refractivity contribution < 1.29 is 4.79 Å². The molecule has 3 nitrogen and oxygen atoms in total. The summed E-state index contributed by atoms with van der Waals surface area (Å²) in [6.45, 7) is 3.75. The average molecular weight is 285 g/mol. The molecule has 1 aromatic rings. The van der Waals surface area contributed by atoms with Crippen LogP contribution < -0.4 is 5.73 Å². The Hall–Kier alpha value is -0.870. The van der Waals surface area contributed by atoms with Gasteiger partial charge in [0, 0.05) is 29.8 Å². The number of hydrogen-bond acceptors (Lipinski definition) is 3. The summed E-state index contributed by atoms with van der Waals surface area (Å²) in [7, 11) is 0. The van der Waals surface area contributed by atoms with Crippen LogP contribution >= 0.6 is 23.4 Å². The van der Waals surface area contributed by atoms with Crippen molar-refractivity contribution in [1.29, 1.82) is 0 Å². The molecular formula is C13H17ClN2OS. The SMILES string of the molecule is CCC1CN(C(=O)c2ccc(N)cc2Cl)CCS1. The van der Waals surface area contributed by atoms with Gasteiger partial charge in [0.25, 0.3) is 5.91 Å². The number of rotatable bonds is 2. The van der Waals surface area contributed by atoms with Crippen molar-refractivity contribution >= 4 is 35.0 Å². The predicted octanol–water partition coefficient (Wildman–Crippen LogP) is 2.89. The quantitative estimate of drug-likeness (QED) is 0.850. The molecule has 1 aliphatic rings. The fraction of sp³-hybridized carbons (Fsp3) is 0.462. The summed E-state index contributed by atoms with van der Waals surface area (Å²) in [6.07, 6.45) is 1.09. The number of anilines is 1. The maximum absolute atomic E-state index is 12.4. The summed E-state index contributed by atoms with van der Waals surface area (Å²) in [5.41, 5.74) is 6.77. The van der Waals surface area contributed by atoms with Crippen molar-refractivity contribution in [2.45, 2.75) is 18.6 Å². The lowest BCUT2D eigenvalue weighted by atomic mass is 10.1. The van der Waals surface area contributed by atoms with Gasteiger partial charge in [-0.3, -0.25) is 4.79 Å². The smallest absolute Gasteiger partial charge is 0.255 e. The van der Waals surface area contributed by atoms with Crippen molar-refractivity contribution in [1.82, 2.24) is 4.90 Å². The maximum Gasteiger partial charge on any atom is 0.255 e. The van der Waals surface area contributed by atoms with Crippen LogP contribution in [0.2, 0.25) is 5.02 Å². The van der Waals surface area contributed by atoms with E-state index in [0.29, 0.717) is 21.5 Å². The first kappa shape index (κ1) is 13.6. The minimum Gasteiger partial charge on any atom is -0.399 e. The van der Waals surface area contributed by atoms with Crippen LogP contribution in [0.1, 0.15) is 23.7 Å². The molecule has 1 saturated heterocycles. The molecule has 2 rings (SSSR count). The number of amides is 1. The minimum atomic E-state index is 0.0127. The summed E-state index contributed by atoms with van der Waals surface area (Å²) in [5.74, 6) is 1.01. The van der Waals surface area contributed by atoms with Gasteiger partial charge in [0.1, 0.15) is 0 Å². The number of carbonyl (C=O) groups is 1. The molecule has 1 aromatic carbocycles. The fourth-order valence-electron chi connectivity index (χ4n) is 2.03. The van der Waals surface area contributed by atoms with Gasteiger partial charge in [0.15, 0.2) is 0 Å². The highest BCUT2D eigenvalue weighted by Gasteiger charge is 2.25. The molecular weight excluding hydrogens is 268 g/mol. The van der Waals surface area contributed by atoms with E-state index in [1.807, 2.05) is 16.7 Å². The van der Waals surface area contributed by atoms with Gasteiger partial charge in [-0.1, -0.05) is 18.5 Å². The third-order valence-corrected chi connectivity index (χ3v) is 4.79. The zero-order valence-corrected chi connectivity index (χ0v) is 11.9. The normalized spacial score (nSPS) is 19.9. The first-order valence-corrected chi connectivity index (χ1v) is 7.50. The van der Waals surface area contributed by atoms with Crippen molar-refractivity contribution in [3.05, 3.63) is 28.8 Å². The standard InChI is InChI=1S/C13H17ClN2OS/c1-2-10-8-16(5-6-18-10)13(17)11-4-3-9(15)7-12(11)14/h3-4,7,10H,2,5-6,8,15H2,1H3. The molecule has 1 atom stereocenters. The Kier molecular flexibility index (Phi) is 4.40. The number of thioether (sulfide) groups is 1. The molecule has 5 heteroatoms. The van der Waals surface area contributed by atoms with Crippen molar-refractivity contribution in [2.24, 2.45) is 0 Å². The van der Waals surface area contributed by atoms with Gasteiger partial charge in [0.05, 0.1) is 10.6 Å². The van der Waals surface area contributed by atoms with Crippen LogP contribution in [-0.4, -0.2) is 34.9 Å². The molecule has 98 valence electrons. The van der Waals surface area contributed by atoms with E-state index in [4.69, 9.17) is 17.3 Å². The highest BCUT2D eigenvalue weighted by Crippen LogP contribution is 2.25. The number of halogens is 1. The lowest BCUT2D eigenvalue weighted by Gasteiger charge is -2.32.